The summed E-state index contributed by atoms with van der Waals surface area (Å²) >= 11 is 1.54. The van der Waals surface area contributed by atoms with Crippen LogP contribution in [0.5, 0.6) is 0 Å². The summed E-state index contributed by atoms with van der Waals surface area (Å²) in [5.41, 5.74) is 5.25. The molecule has 2 unspecified atom stereocenters. The van der Waals surface area contributed by atoms with Crippen LogP contribution in [0.25, 0.3) is 10.1 Å². The number of fused-ring (bicyclic) bond motifs is 1. The summed E-state index contributed by atoms with van der Waals surface area (Å²) < 4.78 is 6.36. The largest absolute Gasteiger partial charge is 0.478 e. The van der Waals surface area contributed by atoms with Gasteiger partial charge in [0.25, 0.3) is 0 Å². The van der Waals surface area contributed by atoms with Crippen molar-refractivity contribution >= 4 is 33.4 Å². The quantitative estimate of drug-likeness (QED) is 0.528. The number of ether oxygens (including phenoxy) is 1. The SMILES string of the molecule is NCCOC(/C(=C/C(=O)O)C(=O)O)C(O)c1ccc2sccc2c1. The Labute approximate surface area is 141 Å². The number of hydrogen-bond donors (Lipinski definition) is 4. The fourth-order valence-electron chi connectivity index (χ4n) is 2.29. The average molecular weight is 351 g/mol. The van der Waals surface area contributed by atoms with E-state index < -0.39 is 29.7 Å². The number of thiophene rings is 1. The van der Waals surface area contributed by atoms with Crippen molar-refractivity contribution < 1.29 is 29.6 Å². The van der Waals surface area contributed by atoms with Gasteiger partial charge in [0.2, 0.25) is 0 Å². The Balaban J connectivity index is 2.40. The van der Waals surface area contributed by atoms with Crippen LogP contribution < -0.4 is 5.73 Å². The summed E-state index contributed by atoms with van der Waals surface area (Å²) in [4.78, 5) is 22.3. The van der Waals surface area contributed by atoms with Gasteiger partial charge in [0, 0.05) is 17.3 Å². The third-order valence-electron chi connectivity index (χ3n) is 3.35. The van der Waals surface area contributed by atoms with Gasteiger partial charge in [-0.2, -0.15) is 0 Å². The molecule has 0 aliphatic heterocycles. The monoisotopic (exact) mass is 351 g/mol. The molecule has 7 nitrogen and oxygen atoms in total. The Morgan fingerprint density at radius 3 is 2.67 bits per heavy atom. The zero-order chi connectivity index (χ0) is 17.7. The van der Waals surface area contributed by atoms with Gasteiger partial charge in [-0.15, -0.1) is 11.3 Å². The standard InChI is InChI=1S/C16H17NO6S/c17-4-5-23-15(11(16(21)22)8-13(18)19)14(20)10-1-2-12-9(7-10)3-6-24-12/h1-3,6-8,14-15,20H,4-5,17H2,(H,18,19)(H,21,22)/b11-8-. The van der Waals surface area contributed by atoms with Crippen molar-refractivity contribution in [3.05, 3.63) is 46.9 Å². The second-order valence-corrected chi connectivity index (χ2v) is 5.93. The smallest absolute Gasteiger partial charge is 0.334 e. The molecule has 128 valence electrons. The number of carbonyl (C=O) groups is 2. The number of benzene rings is 1. The first kappa shape index (κ1) is 18.1. The highest BCUT2D eigenvalue weighted by atomic mass is 32.1. The van der Waals surface area contributed by atoms with Gasteiger partial charge >= 0.3 is 11.9 Å². The molecule has 0 bridgehead atoms. The number of aliphatic hydroxyl groups is 1. The molecule has 1 aromatic heterocycles. The maximum Gasteiger partial charge on any atom is 0.334 e. The number of aliphatic hydroxyl groups excluding tert-OH is 1. The molecule has 0 amide bonds. The lowest BCUT2D eigenvalue weighted by Gasteiger charge is -2.24. The van der Waals surface area contributed by atoms with Crippen LogP contribution in [-0.2, 0) is 14.3 Å². The molecule has 0 aliphatic carbocycles. The van der Waals surface area contributed by atoms with Crippen LogP contribution in [0.15, 0.2) is 41.3 Å². The first-order valence-electron chi connectivity index (χ1n) is 7.08. The lowest BCUT2D eigenvalue weighted by atomic mass is 9.97. The third-order valence-corrected chi connectivity index (χ3v) is 4.25. The van der Waals surface area contributed by atoms with E-state index >= 15 is 0 Å². The number of carboxylic acids is 2. The molecule has 2 atom stereocenters. The van der Waals surface area contributed by atoms with E-state index in [1.165, 1.54) is 11.3 Å². The van der Waals surface area contributed by atoms with Crippen molar-refractivity contribution in [2.75, 3.05) is 13.2 Å². The van der Waals surface area contributed by atoms with E-state index in [2.05, 4.69) is 0 Å². The van der Waals surface area contributed by atoms with E-state index in [-0.39, 0.29) is 13.2 Å². The summed E-state index contributed by atoms with van der Waals surface area (Å²) in [6.07, 6.45) is -2.17. The van der Waals surface area contributed by atoms with Crippen LogP contribution in [0.2, 0.25) is 0 Å². The Morgan fingerprint density at radius 1 is 1.29 bits per heavy atom. The minimum absolute atomic E-state index is 0.0212. The highest BCUT2D eigenvalue weighted by Crippen LogP contribution is 2.29. The Bertz CT molecular complexity index is 769. The molecule has 0 saturated heterocycles. The van der Waals surface area contributed by atoms with Crippen molar-refractivity contribution in [3.8, 4) is 0 Å². The molecular formula is C16H17NO6S. The molecule has 1 heterocycles. The normalized spacial score (nSPS) is 14.5. The first-order chi connectivity index (χ1) is 11.4. The number of aliphatic carboxylic acids is 2. The number of hydrogen-bond acceptors (Lipinski definition) is 6. The zero-order valence-electron chi connectivity index (χ0n) is 12.6. The van der Waals surface area contributed by atoms with E-state index in [0.717, 1.165) is 10.1 Å². The Kier molecular flexibility index (Phi) is 6.04. The molecule has 2 rings (SSSR count). The van der Waals surface area contributed by atoms with Crippen LogP contribution in [0.1, 0.15) is 11.7 Å². The van der Waals surface area contributed by atoms with Crippen LogP contribution >= 0.6 is 11.3 Å². The fourth-order valence-corrected chi connectivity index (χ4v) is 3.06. The lowest BCUT2D eigenvalue weighted by molar-refractivity contribution is -0.137. The van der Waals surface area contributed by atoms with Gasteiger partial charge in [-0.3, -0.25) is 0 Å². The molecule has 8 heteroatoms. The fraction of sp³-hybridized carbons (Fsp3) is 0.250. The minimum Gasteiger partial charge on any atom is -0.478 e. The van der Waals surface area contributed by atoms with Crippen LogP contribution in [-0.4, -0.2) is 46.5 Å². The van der Waals surface area contributed by atoms with E-state index in [1.54, 1.807) is 18.2 Å². The Morgan fingerprint density at radius 2 is 2.04 bits per heavy atom. The first-order valence-corrected chi connectivity index (χ1v) is 7.96. The van der Waals surface area contributed by atoms with Gasteiger partial charge in [-0.1, -0.05) is 6.07 Å². The number of carboxylic acid groups (broad SMARTS) is 2. The molecule has 1 aromatic carbocycles. The van der Waals surface area contributed by atoms with E-state index in [1.807, 2.05) is 11.4 Å². The molecule has 2 aromatic rings. The third kappa shape index (κ3) is 4.18. The highest BCUT2D eigenvalue weighted by Gasteiger charge is 2.30. The topological polar surface area (TPSA) is 130 Å². The molecule has 5 N–H and O–H groups in total. The summed E-state index contributed by atoms with van der Waals surface area (Å²) in [7, 11) is 0. The predicted molar refractivity (Wildman–Crippen MR) is 88.9 cm³/mol. The van der Waals surface area contributed by atoms with Crippen molar-refractivity contribution in [2.45, 2.75) is 12.2 Å². The van der Waals surface area contributed by atoms with Crippen molar-refractivity contribution in [2.24, 2.45) is 5.73 Å². The van der Waals surface area contributed by atoms with E-state index in [9.17, 15) is 19.8 Å². The second kappa shape index (κ2) is 8.02. The highest BCUT2D eigenvalue weighted by molar-refractivity contribution is 7.17. The maximum atomic E-state index is 11.4. The van der Waals surface area contributed by atoms with Gasteiger partial charge in [0.15, 0.2) is 0 Å². The minimum atomic E-state index is -1.48. The van der Waals surface area contributed by atoms with Gasteiger partial charge in [0.05, 0.1) is 12.2 Å². The molecule has 0 aliphatic rings. The van der Waals surface area contributed by atoms with Gasteiger partial charge in [0.1, 0.15) is 12.2 Å². The maximum absolute atomic E-state index is 11.4. The zero-order valence-corrected chi connectivity index (χ0v) is 13.4. The van der Waals surface area contributed by atoms with Gasteiger partial charge < -0.3 is 25.8 Å². The van der Waals surface area contributed by atoms with Crippen LogP contribution in [0, 0.1) is 0 Å². The summed E-state index contributed by atoms with van der Waals surface area (Å²) in [6, 6.07) is 7.05. The molecule has 0 spiro atoms. The molecule has 24 heavy (non-hydrogen) atoms. The van der Waals surface area contributed by atoms with Crippen LogP contribution in [0.3, 0.4) is 0 Å². The molecule has 0 radical (unpaired) electrons. The summed E-state index contributed by atoms with van der Waals surface area (Å²) in [6.45, 7) is 0.0828. The van der Waals surface area contributed by atoms with Crippen molar-refractivity contribution in [1.29, 1.82) is 0 Å². The molecular weight excluding hydrogens is 334 g/mol. The predicted octanol–water partition coefficient (Wildman–Crippen LogP) is 1.37. The van der Waals surface area contributed by atoms with E-state index in [0.29, 0.717) is 11.6 Å². The van der Waals surface area contributed by atoms with Crippen LogP contribution in [0.4, 0.5) is 0 Å². The van der Waals surface area contributed by atoms with Crippen molar-refractivity contribution in [1.82, 2.24) is 0 Å². The lowest BCUT2D eigenvalue weighted by Crippen LogP contribution is -2.31. The molecule has 0 saturated carbocycles. The Hall–Kier alpha value is -2.26. The number of rotatable bonds is 8. The second-order valence-electron chi connectivity index (χ2n) is 4.99. The van der Waals surface area contributed by atoms with Gasteiger partial charge in [-0.05, 0) is 34.5 Å². The molecule has 0 fully saturated rings. The number of nitrogens with two attached hydrogens (primary N) is 1. The average Bonchev–Trinajstić information content (AvgIpc) is 3.00. The van der Waals surface area contributed by atoms with Crippen molar-refractivity contribution in [3.63, 3.8) is 0 Å². The van der Waals surface area contributed by atoms with E-state index in [4.69, 9.17) is 15.6 Å². The van der Waals surface area contributed by atoms with Gasteiger partial charge in [-0.25, -0.2) is 9.59 Å². The summed E-state index contributed by atoms with van der Waals surface area (Å²) in [5.74, 6) is -2.91. The summed E-state index contributed by atoms with van der Waals surface area (Å²) in [5, 5.41) is 31.5.